The third kappa shape index (κ3) is 1.47. The number of hydrogen-bond acceptors (Lipinski definition) is 1. The van der Waals surface area contributed by atoms with E-state index in [9.17, 15) is 4.79 Å². The normalized spacial score (nSPS) is 11.1. The van der Waals surface area contributed by atoms with Crippen LogP contribution >= 0.6 is 11.6 Å². The number of aromatic nitrogens is 1. The van der Waals surface area contributed by atoms with Gasteiger partial charge in [0.25, 0.3) is 0 Å². The van der Waals surface area contributed by atoms with Crippen LogP contribution in [0.2, 0.25) is 5.02 Å². The fourth-order valence-corrected chi connectivity index (χ4v) is 2.32. The number of aromatic carboxylic acids is 1. The van der Waals surface area contributed by atoms with Crippen molar-refractivity contribution in [3.8, 4) is 0 Å². The van der Waals surface area contributed by atoms with Gasteiger partial charge in [0.05, 0.1) is 10.6 Å². The zero-order valence-electron chi connectivity index (χ0n) is 8.70. The first kappa shape index (κ1) is 10.2. The molecule has 2 aromatic carbocycles. The molecule has 3 rings (SSSR count). The van der Waals surface area contributed by atoms with Gasteiger partial charge >= 0.3 is 5.97 Å². The van der Waals surface area contributed by atoms with Crippen molar-refractivity contribution in [3.63, 3.8) is 0 Å². The van der Waals surface area contributed by atoms with Crippen LogP contribution in [0.15, 0.2) is 36.4 Å². The van der Waals surface area contributed by atoms with Crippen LogP contribution in [0.25, 0.3) is 21.8 Å². The molecule has 0 saturated heterocycles. The molecule has 0 aliphatic heterocycles. The molecule has 84 valence electrons. The van der Waals surface area contributed by atoms with Crippen LogP contribution in [-0.4, -0.2) is 16.1 Å². The Kier molecular flexibility index (Phi) is 2.09. The van der Waals surface area contributed by atoms with Crippen molar-refractivity contribution < 1.29 is 9.90 Å². The number of H-pyrrole nitrogens is 1. The van der Waals surface area contributed by atoms with Gasteiger partial charge in [0.2, 0.25) is 0 Å². The van der Waals surface area contributed by atoms with E-state index >= 15 is 0 Å². The Labute approximate surface area is 102 Å². The number of halogens is 1. The molecule has 0 bridgehead atoms. The van der Waals surface area contributed by atoms with Gasteiger partial charge < -0.3 is 10.1 Å². The number of benzene rings is 2. The molecular weight excluding hydrogens is 238 g/mol. The molecule has 2 N–H and O–H groups in total. The summed E-state index contributed by atoms with van der Waals surface area (Å²) in [7, 11) is 0. The summed E-state index contributed by atoms with van der Waals surface area (Å²) < 4.78 is 0. The predicted molar refractivity (Wildman–Crippen MR) is 67.8 cm³/mol. The van der Waals surface area contributed by atoms with E-state index in [-0.39, 0.29) is 5.56 Å². The summed E-state index contributed by atoms with van der Waals surface area (Å²) in [4.78, 5) is 14.2. The molecule has 0 saturated carbocycles. The van der Waals surface area contributed by atoms with Gasteiger partial charge in [0, 0.05) is 21.8 Å². The van der Waals surface area contributed by atoms with Gasteiger partial charge in [-0.25, -0.2) is 4.79 Å². The number of carboxylic acid groups (broad SMARTS) is 1. The van der Waals surface area contributed by atoms with Gasteiger partial charge in [-0.2, -0.15) is 0 Å². The summed E-state index contributed by atoms with van der Waals surface area (Å²) in [6, 6.07) is 10.6. The van der Waals surface area contributed by atoms with E-state index in [2.05, 4.69) is 4.98 Å². The van der Waals surface area contributed by atoms with Gasteiger partial charge in [-0.15, -0.1) is 0 Å². The minimum Gasteiger partial charge on any atom is -0.478 e. The fraction of sp³-hybridized carbons (Fsp3) is 0. The summed E-state index contributed by atoms with van der Waals surface area (Å²) in [5, 5.41) is 11.3. The van der Waals surface area contributed by atoms with E-state index in [1.807, 2.05) is 12.1 Å². The molecule has 0 spiro atoms. The maximum atomic E-state index is 10.9. The van der Waals surface area contributed by atoms with Gasteiger partial charge in [-0.1, -0.05) is 17.7 Å². The van der Waals surface area contributed by atoms with Crippen molar-refractivity contribution in [2.24, 2.45) is 0 Å². The molecule has 0 atom stereocenters. The first-order chi connectivity index (χ1) is 8.16. The van der Waals surface area contributed by atoms with Gasteiger partial charge in [0.15, 0.2) is 0 Å². The van der Waals surface area contributed by atoms with Crippen molar-refractivity contribution in [1.82, 2.24) is 4.98 Å². The zero-order valence-corrected chi connectivity index (χ0v) is 9.45. The molecular formula is C13H8ClNO2. The van der Waals surface area contributed by atoms with Crippen molar-refractivity contribution >= 4 is 39.4 Å². The topological polar surface area (TPSA) is 53.1 Å². The molecule has 1 heterocycles. The van der Waals surface area contributed by atoms with E-state index in [0.29, 0.717) is 5.02 Å². The molecule has 0 amide bonds. The average molecular weight is 246 g/mol. The van der Waals surface area contributed by atoms with Crippen molar-refractivity contribution in [2.45, 2.75) is 0 Å². The number of fused-ring (bicyclic) bond motifs is 3. The highest BCUT2D eigenvalue weighted by Gasteiger charge is 2.10. The summed E-state index contributed by atoms with van der Waals surface area (Å²) in [5.74, 6) is -0.937. The summed E-state index contributed by atoms with van der Waals surface area (Å²) in [6.45, 7) is 0. The highest BCUT2D eigenvalue weighted by Crippen LogP contribution is 2.31. The smallest absolute Gasteiger partial charge is 0.335 e. The summed E-state index contributed by atoms with van der Waals surface area (Å²) in [6.07, 6.45) is 0. The highest BCUT2D eigenvalue weighted by atomic mass is 35.5. The second-order valence-electron chi connectivity index (χ2n) is 3.85. The lowest BCUT2D eigenvalue weighted by Gasteiger charge is -1.96. The van der Waals surface area contributed by atoms with Crippen LogP contribution < -0.4 is 0 Å². The Morgan fingerprint density at radius 3 is 2.76 bits per heavy atom. The van der Waals surface area contributed by atoms with Gasteiger partial charge in [-0.05, 0) is 30.3 Å². The maximum Gasteiger partial charge on any atom is 0.335 e. The predicted octanol–water partition coefficient (Wildman–Crippen LogP) is 3.67. The van der Waals surface area contributed by atoms with Crippen LogP contribution in [0.5, 0.6) is 0 Å². The van der Waals surface area contributed by atoms with E-state index in [1.165, 1.54) is 0 Å². The van der Waals surface area contributed by atoms with E-state index in [0.717, 1.165) is 21.8 Å². The number of aromatic amines is 1. The van der Waals surface area contributed by atoms with Crippen molar-refractivity contribution in [2.75, 3.05) is 0 Å². The standard InChI is InChI=1S/C13H8ClNO2/c14-9-2-1-3-11-12(9)8-6-7(13(16)17)4-5-10(8)15-11/h1-6,15H,(H,16,17). The molecule has 0 aliphatic carbocycles. The maximum absolute atomic E-state index is 10.9. The molecule has 1 aromatic heterocycles. The Morgan fingerprint density at radius 1 is 1.18 bits per heavy atom. The molecule has 17 heavy (non-hydrogen) atoms. The largest absolute Gasteiger partial charge is 0.478 e. The molecule has 3 aromatic rings. The third-order valence-corrected chi connectivity index (χ3v) is 3.13. The first-order valence-corrected chi connectivity index (χ1v) is 5.48. The highest BCUT2D eigenvalue weighted by molar-refractivity contribution is 6.38. The number of rotatable bonds is 1. The minimum absolute atomic E-state index is 0.262. The Bertz CT molecular complexity index is 746. The summed E-state index contributed by atoms with van der Waals surface area (Å²) in [5.41, 5.74) is 2.06. The average Bonchev–Trinajstić information content (AvgIpc) is 2.67. The van der Waals surface area contributed by atoms with Gasteiger partial charge in [-0.3, -0.25) is 0 Å². The lowest BCUT2D eigenvalue weighted by molar-refractivity contribution is 0.0697. The van der Waals surface area contributed by atoms with Crippen LogP contribution in [0.4, 0.5) is 0 Å². The molecule has 0 fully saturated rings. The van der Waals surface area contributed by atoms with Crippen molar-refractivity contribution in [3.05, 3.63) is 47.0 Å². The summed E-state index contributed by atoms with van der Waals surface area (Å²) >= 11 is 6.14. The number of hydrogen-bond donors (Lipinski definition) is 2. The second kappa shape index (κ2) is 3.50. The Balaban J connectivity index is 2.48. The van der Waals surface area contributed by atoms with E-state index in [1.54, 1.807) is 24.3 Å². The second-order valence-corrected chi connectivity index (χ2v) is 4.26. The van der Waals surface area contributed by atoms with Gasteiger partial charge in [0.1, 0.15) is 0 Å². The first-order valence-electron chi connectivity index (χ1n) is 5.10. The fourth-order valence-electron chi connectivity index (χ4n) is 2.04. The molecule has 3 nitrogen and oxygen atoms in total. The number of carbonyl (C=O) groups is 1. The SMILES string of the molecule is O=C(O)c1ccc2[nH]c3cccc(Cl)c3c2c1. The Morgan fingerprint density at radius 2 is 2.00 bits per heavy atom. The molecule has 0 radical (unpaired) electrons. The van der Waals surface area contributed by atoms with Crippen LogP contribution in [0.3, 0.4) is 0 Å². The Hall–Kier alpha value is -2.00. The van der Waals surface area contributed by atoms with E-state index in [4.69, 9.17) is 16.7 Å². The zero-order chi connectivity index (χ0) is 12.0. The molecule has 4 heteroatoms. The lowest BCUT2D eigenvalue weighted by atomic mass is 10.1. The molecule has 0 unspecified atom stereocenters. The lowest BCUT2D eigenvalue weighted by Crippen LogP contribution is -1.94. The molecule has 0 aliphatic rings. The monoisotopic (exact) mass is 245 g/mol. The number of nitrogens with one attached hydrogen (secondary N) is 1. The number of carboxylic acids is 1. The van der Waals surface area contributed by atoms with Crippen LogP contribution in [0.1, 0.15) is 10.4 Å². The minimum atomic E-state index is -0.937. The van der Waals surface area contributed by atoms with Crippen LogP contribution in [0, 0.1) is 0 Å². The quantitative estimate of drug-likeness (QED) is 0.687. The third-order valence-electron chi connectivity index (χ3n) is 2.82. The van der Waals surface area contributed by atoms with Crippen molar-refractivity contribution in [1.29, 1.82) is 0 Å². The van der Waals surface area contributed by atoms with E-state index < -0.39 is 5.97 Å². The van der Waals surface area contributed by atoms with Crippen LogP contribution in [-0.2, 0) is 0 Å².